The second kappa shape index (κ2) is 7.05. The van der Waals surface area contributed by atoms with Crippen LogP contribution in [0, 0.1) is 0 Å². The zero-order valence-electron chi connectivity index (χ0n) is 9.41. The molecule has 15 heavy (non-hydrogen) atoms. The maximum absolute atomic E-state index is 11.2. The van der Waals surface area contributed by atoms with Crippen LogP contribution in [0.2, 0.25) is 0 Å². The molecule has 2 amide bonds. The number of nitrogens with zero attached hydrogens (tertiary/aromatic N) is 1. The predicted octanol–water partition coefficient (Wildman–Crippen LogP) is -0.290. The first-order chi connectivity index (χ1) is 6.97. The lowest BCUT2D eigenvalue weighted by Gasteiger charge is -2.14. The Hall–Kier alpha value is -1.30. The van der Waals surface area contributed by atoms with Gasteiger partial charge in [-0.2, -0.15) is 0 Å². The largest absolute Gasteiger partial charge is 0.480 e. The summed E-state index contributed by atoms with van der Waals surface area (Å²) in [6.07, 6.45) is 0.371. The fourth-order valence-corrected chi connectivity index (χ4v) is 0.941. The lowest BCUT2D eigenvalue weighted by atomic mass is 10.2. The van der Waals surface area contributed by atoms with E-state index in [9.17, 15) is 9.59 Å². The number of hydrogen-bond donors (Lipinski definition) is 3. The zero-order valence-corrected chi connectivity index (χ0v) is 9.41. The van der Waals surface area contributed by atoms with Crippen molar-refractivity contribution in [3.05, 3.63) is 0 Å². The maximum atomic E-state index is 11.2. The molecular formula is C9H19N3O3. The van der Waals surface area contributed by atoms with Crippen LogP contribution in [0.5, 0.6) is 0 Å². The minimum absolute atomic E-state index is 0.371. The molecule has 0 saturated carbocycles. The first-order valence-corrected chi connectivity index (χ1v) is 4.89. The van der Waals surface area contributed by atoms with Gasteiger partial charge in [0.2, 0.25) is 0 Å². The number of hydrogen-bond acceptors (Lipinski definition) is 3. The second-order valence-electron chi connectivity index (χ2n) is 3.50. The molecule has 0 aliphatic rings. The number of urea groups is 1. The Balaban J connectivity index is 3.77. The van der Waals surface area contributed by atoms with Crippen LogP contribution >= 0.6 is 0 Å². The number of rotatable bonds is 6. The fraction of sp³-hybridized carbons (Fsp3) is 0.778. The van der Waals surface area contributed by atoms with Crippen molar-refractivity contribution in [1.82, 2.24) is 15.5 Å². The van der Waals surface area contributed by atoms with Crippen LogP contribution in [0.4, 0.5) is 4.79 Å². The van der Waals surface area contributed by atoms with Crippen LogP contribution in [0.3, 0.4) is 0 Å². The third kappa shape index (κ3) is 6.73. The molecule has 0 aliphatic carbocycles. The Labute approximate surface area is 89.6 Å². The van der Waals surface area contributed by atoms with Crippen LogP contribution in [0.15, 0.2) is 0 Å². The number of aliphatic carboxylic acids is 1. The van der Waals surface area contributed by atoms with Gasteiger partial charge in [-0.3, -0.25) is 0 Å². The molecule has 0 radical (unpaired) electrons. The molecule has 0 heterocycles. The average Bonchev–Trinajstić information content (AvgIpc) is 2.13. The number of carbonyl (C=O) groups is 2. The second-order valence-corrected chi connectivity index (χ2v) is 3.50. The molecule has 88 valence electrons. The van der Waals surface area contributed by atoms with Crippen molar-refractivity contribution in [2.45, 2.75) is 19.4 Å². The summed E-state index contributed by atoms with van der Waals surface area (Å²) in [6.45, 7) is 2.92. The third-order valence-corrected chi connectivity index (χ3v) is 1.86. The van der Waals surface area contributed by atoms with E-state index in [2.05, 4.69) is 10.6 Å². The molecule has 6 heteroatoms. The van der Waals surface area contributed by atoms with E-state index >= 15 is 0 Å². The van der Waals surface area contributed by atoms with Crippen molar-refractivity contribution in [3.63, 3.8) is 0 Å². The topological polar surface area (TPSA) is 81.7 Å². The smallest absolute Gasteiger partial charge is 0.326 e. The van der Waals surface area contributed by atoms with Gasteiger partial charge in [-0.25, -0.2) is 9.59 Å². The van der Waals surface area contributed by atoms with E-state index in [1.54, 1.807) is 6.92 Å². The van der Waals surface area contributed by atoms with Crippen molar-refractivity contribution in [2.24, 2.45) is 0 Å². The summed E-state index contributed by atoms with van der Waals surface area (Å²) < 4.78 is 0. The van der Waals surface area contributed by atoms with Gasteiger partial charge in [0, 0.05) is 13.1 Å². The van der Waals surface area contributed by atoms with Crippen molar-refractivity contribution >= 4 is 12.0 Å². The van der Waals surface area contributed by atoms with Crippen LogP contribution in [0.25, 0.3) is 0 Å². The van der Waals surface area contributed by atoms with Crippen LogP contribution < -0.4 is 10.6 Å². The number of nitrogens with one attached hydrogen (secondary N) is 2. The minimum atomic E-state index is -1.01. The lowest BCUT2D eigenvalue weighted by Crippen LogP contribution is -2.46. The highest BCUT2D eigenvalue weighted by atomic mass is 16.4. The lowest BCUT2D eigenvalue weighted by molar-refractivity contribution is -0.139. The molecule has 0 aromatic heterocycles. The van der Waals surface area contributed by atoms with Gasteiger partial charge in [-0.05, 0) is 20.5 Å². The van der Waals surface area contributed by atoms with Gasteiger partial charge in [0.15, 0.2) is 0 Å². The van der Waals surface area contributed by atoms with Gasteiger partial charge < -0.3 is 20.6 Å². The third-order valence-electron chi connectivity index (χ3n) is 1.86. The minimum Gasteiger partial charge on any atom is -0.480 e. The van der Waals surface area contributed by atoms with Crippen LogP contribution in [-0.4, -0.2) is 55.2 Å². The quantitative estimate of drug-likeness (QED) is 0.571. The Morgan fingerprint density at radius 3 is 2.40 bits per heavy atom. The first-order valence-electron chi connectivity index (χ1n) is 4.89. The van der Waals surface area contributed by atoms with Gasteiger partial charge in [0.25, 0.3) is 0 Å². The van der Waals surface area contributed by atoms with Gasteiger partial charge in [-0.15, -0.1) is 0 Å². The van der Waals surface area contributed by atoms with Crippen LogP contribution in [0.1, 0.15) is 13.3 Å². The SMILES string of the molecule is CC[C@H](NC(=O)NCCN(C)C)C(=O)O. The molecule has 0 spiro atoms. The molecule has 6 nitrogen and oxygen atoms in total. The molecule has 0 aromatic rings. The monoisotopic (exact) mass is 217 g/mol. The normalized spacial score (nSPS) is 12.3. The maximum Gasteiger partial charge on any atom is 0.326 e. The van der Waals surface area contributed by atoms with E-state index in [1.165, 1.54) is 0 Å². The average molecular weight is 217 g/mol. The molecule has 0 fully saturated rings. The van der Waals surface area contributed by atoms with E-state index in [0.717, 1.165) is 6.54 Å². The number of carbonyl (C=O) groups excluding carboxylic acids is 1. The molecule has 1 atom stereocenters. The molecule has 0 aromatic carbocycles. The Bertz CT molecular complexity index is 219. The number of amides is 2. The molecule has 3 N–H and O–H groups in total. The highest BCUT2D eigenvalue weighted by Crippen LogP contribution is 1.89. The Kier molecular flexibility index (Phi) is 6.44. The molecule has 0 rings (SSSR count). The van der Waals surface area contributed by atoms with Crippen molar-refractivity contribution in [1.29, 1.82) is 0 Å². The fourth-order valence-electron chi connectivity index (χ4n) is 0.941. The Morgan fingerprint density at radius 2 is 2.00 bits per heavy atom. The van der Waals surface area contributed by atoms with E-state index in [1.807, 2.05) is 19.0 Å². The van der Waals surface area contributed by atoms with Crippen molar-refractivity contribution in [2.75, 3.05) is 27.2 Å². The summed E-state index contributed by atoms with van der Waals surface area (Å²) >= 11 is 0. The standard InChI is InChI=1S/C9H19N3O3/c1-4-7(8(13)14)11-9(15)10-5-6-12(2)3/h7H,4-6H2,1-3H3,(H,13,14)(H2,10,11,15)/t7-/m0/s1. The predicted molar refractivity (Wildman–Crippen MR) is 56.8 cm³/mol. The highest BCUT2D eigenvalue weighted by molar-refractivity contribution is 5.82. The van der Waals surface area contributed by atoms with E-state index in [4.69, 9.17) is 5.11 Å². The van der Waals surface area contributed by atoms with Crippen LogP contribution in [-0.2, 0) is 4.79 Å². The molecular weight excluding hydrogens is 198 g/mol. The summed E-state index contributed by atoms with van der Waals surface area (Å²) in [5, 5.41) is 13.6. The summed E-state index contributed by atoms with van der Waals surface area (Å²) in [5.74, 6) is -1.01. The Morgan fingerprint density at radius 1 is 1.40 bits per heavy atom. The van der Waals surface area contributed by atoms with Gasteiger partial charge in [0.05, 0.1) is 0 Å². The molecule has 0 bridgehead atoms. The molecule has 0 saturated heterocycles. The van der Waals surface area contributed by atoms with Gasteiger partial charge >= 0.3 is 12.0 Å². The van der Waals surface area contributed by atoms with Crippen molar-refractivity contribution in [3.8, 4) is 0 Å². The molecule has 0 unspecified atom stereocenters. The summed E-state index contributed by atoms with van der Waals surface area (Å²) in [4.78, 5) is 23.7. The van der Waals surface area contributed by atoms with Gasteiger partial charge in [0.1, 0.15) is 6.04 Å². The first kappa shape index (κ1) is 13.7. The van der Waals surface area contributed by atoms with Gasteiger partial charge in [-0.1, -0.05) is 6.92 Å². The number of likely N-dealkylation sites (N-methyl/N-ethyl adjacent to an activating group) is 1. The summed E-state index contributed by atoms with van der Waals surface area (Å²) in [7, 11) is 3.79. The van der Waals surface area contributed by atoms with E-state index in [0.29, 0.717) is 13.0 Å². The van der Waals surface area contributed by atoms with E-state index in [-0.39, 0.29) is 0 Å². The number of carboxylic acids is 1. The zero-order chi connectivity index (χ0) is 11.8. The van der Waals surface area contributed by atoms with Crippen molar-refractivity contribution < 1.29 is 14.7 Å². The number of carboxylic acid groups (broad SMARTS) is 1. The summed E-state index contributed by atoms with van der Waals surface area (Å²) in [6, 6.07) is -1.25. The molecule has 0 aliphatic heterocycles. The summed E-state index contributed by atoms with van der Waals surface area (Å²) in [5.41, 5.74) is 0. The highest BCUT2D eigenvalue weighted by Gasteiger charge is 2.16. The van der Waals surface area contributed by atoms with E-state index < -0.39 is 18.0 Å².